The molecular weight excluding hydrogens is 162 g/mol. The van der Waals surface area contributed by atoms with Crippen LogP contribution < -0.4 is 9.39 Å². The highest BCUT2D eigenvalue weighted by Crippen LogP contribution is 2.28. The summed E-state index contributed by atoms with van der Waals surface area (Å²) in [6.07, 6.45) is 0. The molecule has 0 unspecified atom stereocenters. The quantitative estimate of drug-likeness (QED) is 0.678. The monoisotopic (exact) mass is 169 g/mol. The molecule has 1 aromatic rings. The lowest BCUT2D eigenvalue weighted by atomic mass is 10.3. The van der Waals surface area contributed by atoms with Gasteiger partial charge in [0.25, 0.3) is 0 Å². The van der Waals surface area contributed by atoms with Gasteiger partial charge in [-0.2, -0.15) is 0 Å². The molecule has 0 spiro atoms. The maximum Gasteiger partial charge on any atom is 0.569 e. The molecule has 0 fully saturated rings. The highest BCUT2D eigenvalue weighted by Gasteiger charge is 2.09. The fourth-order valence-electron chi connectivity index (χ4n) is 0.817. The number of methoxy groups -OCH3 is 1. The van der Waals surface area contributed by atoms with Gasteiger partial charge in [-0.05, 0) is 12.1 Å². The summed E-state index contributed by atoms with van der Waals surface area (Å²) in [6.45, 7) is 0. The first-order chi connectivity index (χ1) is 5.79. The van der Waals surface area contributed by atoms with Crippen LogP contribution in [0.25, 0.3) is 0 Å². The normalized spacial score (nSPS) is 9.25. The molecule has 0 amide bonds. The van der Waals surface area contributed by atoms with Crippen molar-refractivity contribution >= 4 is 7.69 Å². The lowest BCUT2D eigenvalue weighted by molar-refractivity contribution is 0.369. The molecule has 1 rings (SSSR count). The Morgan fingerprint density at radius 3 is 2.83 bits per heavy atom. The van der Waals surface area contributed by atoms with Gasteiger partial charge in [-0.25, -0.2) is 4.39 Å². The Labute approximate surface area is 70.0 Å². The number of rotatable bonds is 3. The lowest BCUT2D eigenvalue weighted by Gasteiger charge is -2.07. The van der Waals surface area contributed by atoms with E-state index in [1.807, 2.05) is 0 Å². The molecule has 0 saturated carbocycles. The van der Waals surface area contributed by atoms with E-state index in [-0.39, 0.29) is 11.5 Å². The van der Waals surface area contributed by atoms with E-state index in [4.69, 9.17) is 9.76 Å². The summed E-state index contributed by atoms with van der Waals surface area (Å²) in [5, 5.41) is 8.29. The zero-order chi connectivity index (χ0) is 8.97. The van der Waals surface area contributed by atoms with E-state index in [9.17, 15) is 4.39 Å². The molecule has 0 aromatic heterocycles. The molecule has 12 heavy (non-hydrogen) atoms. The van der Waals surface area contributed by atoms with Crippen LogP contribution in [0.5, 0.6) is 11.5 Å². The molecule has 0 aliphatic carbocycles. The second-order valence-electron chi connectivity index (χ2n) is 1.99. The van der Waals surface area contributed by atoms with Crippen molar-refractivity contribution in [2.45, 2.75) is 0 Å². The van der Waals surface area contributed by atoms with Crippen molar-refractivity contribution in [2.75, 3.05) is 7.11 Å². The molecule has 0 heterocycles. The van der Waals surface area contributed by atoms with Crippen molar-refractivity contribution in [1.29, 1.82) is 0 Å². The molecule has 0 atom stereocenters. The smallest absolute Gasteiger partial charge is 0.533 e. The molecular formula is C7H7BFO3. The van der Waals surface area contributed by atoms with Crippen molar-refractivity contribution < 1.29 is 18.8 Å². The molecule has 3 nitrogen and oxygen atoms in total. The van der Waals surface area contributed by atoms with Gasteiger partial charge in [-0.1, -0.05) is 6.07 Å². The number of para-hydroxylation sites is 1. The topological polar surface area (TPSA) is 38.7 Å². The Bertz CT molecular complexity index is 267. The zero-order valence-corrected chi connectivity index (χ0v) is 6.45. The molecule has 0 bridgehead atoms. The van der Waals surface area contributed by atoms with E-state index in [1.54, 1.807) is 0 Å². The lowest BCUT2D eigenvalue weighted by Crippen LogP contribution is -2.03. The van der Waals surface area contributed by atoms with E-state index in [0.29, 0.717) is 7.69 Å². The molecule has 1 aromatic carbocycles. The van der Waals surface area contributed by atoms with Gasteiger partial charge < -0.3 is 14.4 Å². The van der Waals surface area contributed by atoms with Gasteiger partial charge in [-0.3, -0.25) is 0 Å². The van der Waals surface area contributed by atoms with Crippen molar-refractivity contribution in [2.24, 2.45) is 0 Å². The Kier molecular flexibility index (Phi) is 2.93. The van der Waals surface area contributed by atoms with Gasteiger partial charge in [-0.15, -0.1) is 0 Å². The maximum absolute atomic E-state index is 12.9. The van der Waals surface area contributed by atoms with Gasteiger partial charge in [0.15, 0.2) is 17.3 Å². The number of benzene rings is 1. The third kappa shape index (κ3) is 1.68. The Morgan fingerprint density at radius 1 is 1.50 bits per heavy atom. The number of ether oxygens (including phenoxy) is 1. The van der Waals surface area contributed by atoms with Crippen LogP contribution in [-0.2, 0) is 0 Å². The molecule has 0 aliphatic rings. The van der Waals surface area contributed by atoms with Crippen LogP contribution in [0, 0.1) is 5.82 Å². The third-order valence-corrected chi connectivity index (χ3v) is 1.32. The first-order valence-corrected chi connectivity index (χ1v) is 3.24. The molecule has 0 aliphatic heterocycles. The van der Waals surface area contributed by atoms with Crippen molar-refractivity contribution in [1.82, 2.24) is 0 Å². The minimum Gasteiger partial charge on any atom is -0.533 e. The summed E-state index contributed by atoms with van der Waals surface area (Å²) < 4.78 is 22.2. The van der Waals surface area contributed by atoms with Crippen LogP contribution in [0.1, 0.15) is 0 Å². The van der Waals surface area contributed by atoms with Crippen molar-refractivity contribution in [3.05, 3.63) is 24.0 Å². The Balaban J connectivity index is 3.02. The van der Waals surface area contributed by atoms with Gasteiger partial charge in [0.1, 0.15) is 0 Å². The van der Waals surface area contributed by atoms with Gasteiger partial charge in [0.05, 0.1) is 7.11 Å². The van der Waals surface area contributed by atoms with Crippen LogP contribution in [0.2, 0.25) is 0 Å². The molecule has 1 N–H and O–H groups in total. The SMILES string of the molecule is COc1cccc(F)c1O[B]O. The zero-order valence-electron chi connectivity index (χ0n) is 6.45. The number of hydrogen-bond acceptors (Lipinski definition) is 3. The van der Waals surface area contributed by atoms with Gasteiger partial charge in [0.2, 0.25) is 0 Å². The Morgan fingerprint density at radius 2 is 2.25 bits per heavy atom. The van der Waals surface area contributed by atoms with Crippen LogP contribution in [0.15, 0.2) is 18.2 Å². The minimum absolute atomic E-state index is 0.123. The van der Waals surface area contributed by atoms with Gasteiger partial charge in [0, 0.05) is 0 Å². The summed E-state index contributed by atoms with van der Waals surface area (Å²) in [5.74, 6) is -0.470. The fraction of sp³-hybridized carbons (Fsp3) is 0.143. The van der Waals surface area contributed by atoms with E-state index < -0.39 is 5.82 Å². The summed E-state index contributed by atoms with van der Waals surface area (Å²) in [7, 11) is 1.79. The molecule has 63 valence electrons. The summed E-state index contributed by atoms with van der Waals surface area (Å²) in [5.41, 5.74) is 0. The van der Waals surface area contributed by atoms with E-state index in [1.165, 1.54) is 25.3 Å². The highest BCUT2D eigenvalue weighted by molar-refractivity contribution is 6.17. The predicted molar refractivity (Wildman–Crippen MR) is 41.6 cm³/mol. The number of halogens is 1. The maximum atomic E-state index is 12.9. The second kappa shape index (κ2) is 3.97. The van der Waals surface area contributed by atoms with Crippen molar-refractivity contribution in [3.63, 3.8) is 0 Å². The number of hydrogen-bond donors (Lipinski definition) is 1. The first-order valence-electron chi connectivity index (χ1n) is 3.24. The highest BCUT2D eigenvalue weighted by atomic mass is 19.1. The second-order valence-corrected chi connectivity index (χ2v) is 1.99. The van der Waals surface area contributed by atoms with Crippen LogP contribution >= 0.6 is 0 Å². The van der Waals surface area contributed by atoms with Crippen LogP contribution in [0.4, 0.5) is 4.39 Å². The van der Waals surface area contributed by atoms with Crippen LogP contribution in [-0.4, -0.2) is 19.8 Å². The summed E-state index contributed by atoms with van der Waals surface area (Å²) >= 11 is 0. The van der Waals surface area contributed by atoms with E-state index in [2.05, 4.69) is 4.65 Å². The molecule has 0 saturated heterocycles. The average molecular weight is 169 g/mol. The molecule has 1 radical (unpaired) electrons. The summed E-state index contributed by atoms with van der Waals surface area (Å²) in [4.78, 5) is 0. The van der Waals surface area contributed by atoms with Crippen LogP contribution in [0.3, 0.4) is 0 Å². The van der Waals surface area contributed by atoms with Gasteiger partial charge >= 0.3 is 7.69 Å². The first kappa shape index (κ1) is 8.87. The minimum atomic E-state index is -0.584. The predicted octanol–water partition coefficient (Wildman–Crippen LogP) is 0.740. The largest absolute Gasteiger partial charge is 0.569 e. The summed E-state index contributed by atoms with van der Waals surface area (Å²) in [6, 6.07) is 4.22. The Hall–Kier alpha value is -1.23. The molecule has 5 heteroatoms. The van der Waals surface area contributed by atoms with E-state index in [0.717, 1.165) is 0 Å². The third-order valence-electron chi connectivity index (χ3n) is 1.32. The standard InChI is InChI=1S/C7H7BFO3/c1-11-6-4-2-3-5(9)7(6)12-8-10/h2-4,10H,1H3. The van der Waals surface area contributed by atoms with Crippen molar-refractivity contribution in [3.8, 4) is 11.5 Å². The van der Waals surface area contributed by atoms with E-state index >= 15 is 0 Å². The average Bonchev–Trinajstić information content (AvgIpc) is 2.09. The fourth-order valence-corrected chi connectivity index (χ4v) is 0.817.